The third kappa shape index (κ3) is 1.82. The van der Waals surface area contributed by atoms with Crippen LogP contribution in [0.5, 0.6) is 0 Å². The first-order valence-electron chi connectivity index (χ1n) is 5.33. The molecular weight excluding hydrogens is 188 g/mol. The molecule has 2 aromatic rings. The number of rotatable bonds is 3. The molecule has 0 saturated heterocycles. The number of nitrogens with one attached hydrogen (secondary N) is 1. The summed E-state index contributed by atoms with van der Waals surface area (Å²) in [5, 5.41) is 8.43. The lowest BCUT2D eigenvalue weighted by Gasteiger charge is -2.02. The number of anilines is 1. The Bertz CT molecular complexity index is 474. The van der Waals surface area contributed by atoms with Gasteiger partial charge in [0.25, 0.3) is 0 Å². The van der Waals surface area contributed by atoms with E-state index in [4.69, 9.17) is 4.52 Å². The molecule has 0 aliphatic rings. The van der Waals surface area contributed by atoms with Crippen LogP contribution < -0.4 is 5.32 Å². The van der Waals surface area contributed by atoms with Gasteiger partial charge < -0.3 is 9.84 Å². The molecule has 0 unspecified atom stereocenters. The highest BCUT2D eigenvalue weighted by molar-refractivity contribution is 5.91. The molecule has 3 nitrogen and oxygen atoms in total. The fraction of sp³-hybridized carbons (Fsp3) is 0.417. The van der Waals surface area contributed by atoms with Crippen LogP contribution in [-0.2, 0) is 0 Å². The molecule has 0 saturated carbocycles. The molecule has 0 aliphatic carbocycles. The van der Waals surface area contributed by atoms with Crippen LogP contribution in [0.3, 0.4) is 0 Å². The molecule has 2 rings (SSSR count). The Labute approximate surface area is 89.5 Å². The molecule has 1 N–H and O–H groups in total. The Morgan fingerprint density at radius 1 is 1.33 bits per heavy atom. The van der Waals surface area contributed by atoms with E-state index >= 15 is 0 Å². The van der Waals surface area contributed by atoms with Gasteiger partial charge in [-0.25, -0.2) is 0 Å². The van der Waals surface area contributed by atoms with Gasteiger partial charge in [0.15, 0.2) is 11.4 Å². The number of nitrogens with zero attached hydrogens (tertiary/aromatic N) is 1. The summed E-state index contributed by atoms with van der Waals surface area (Å²) in [6.45, 7) is 7.21. The van der Waals surface area contributed by atoms with Gasteiger partial charge in [-0.05, 0) is 37.5 Å². The molecule has 0 aliphatic heterocycles. The number of aromatic nitrogens is 1. The van der Waals surface area contributed by atoms with Gasteiger partial charge in [-0.3, -0.25) is 0 Å². The Hall–Kier alpha value is -1.51. The summed E-state index contributed by atoms with van der Waals surface area (Å²) in [4.78, 5) is 0. The second-order valence-corrected chi connectivity index (χ2v) is 3.91. The number of hydrogen-bond donors (Lipinski definition) is 1. The summed E-state index contributed by atoms with van der Waals surface area (Å²) < 4.78 is 5.30. The lowest BCUT2D eigenvalue weighted by atomic mass is 10.1. The van der Waals surface area contributed by atoms with Crippen LogP contribution >= 0.6 is 0 Å². The fourth-order valence-electron chi connectivity index (χ4n) is 1.81. The van der Waals surface area contributed by atoms with Crippen molar-refractivity contribution in [3.05, 3.63) is 23.3 Å². The number of benzene rings is 1. The number of aryl methyl sites for hydroxylation is 2. The van der Waals surface area contributed by atoms with Crippen molar-refractivity contribution >= 4 is 16.8 Å². The van der Waals surface area contributed by atoms with E-state index in [0.717, 1.165) is 29.8 Å². The zero-order chi connectivity index (χ0) is 10.8. The molecule has 1 heterocycles. The standard InChI is InChI=1S/C12H16N2O/c1-4-5-13-12-11-9(3)6-8(2)7-10(11)15-14-12/h6-7H,4-5H2,1-3H3,(H,13,14). The number of fused-ring (bicyclic) bond motifs is 1. The molecule has 0 fully saturated rings. The average Bonchev–Trinajstić information content (AvgIpc) is 2.58. The van der Waals surface area contributed by atoms with Gasteiger partial charge >= 0.3 is 0 Å². The third-order valence-electron chi connectivity index (χ3n) is 2.46. The van der Waals surface area contributed by atoms with Crippen molar-refractivity contribution in [2.24, 2.45) is 0 Å². The predicted molar refractivity (Wildman–Crippen MR) is 62.3 cm³/mol. The van der Waals surface area contributed by atoms with Crippen molar-refractivity contribution in [3.8, 4) is 0 Å². The van der Waals surface area contributed by atoms with E-state index in [9.17, 15) is 0 Å². The van der Waals surface area contributed by atoms with E-state index in [-0.39, 0.29) is 0 Å². The van der Waals surface area contributed by atoms with Crippen molar-refractivity contribution in [1.29, 1.82) is 0 Å². The molecule has 0 atom stereocenters. The topological polar surface area (TPSA) is 38.1 Å². The van der Waals surface area contributed by atoms with Crippen molar-refractivity contribution < 1.29 is 4.52 Å². The Kier molecular flexibility index (Phi) is 2.62. The summed E-state index contributed by atoms with van der Waals surface area (Å²) in [6, 6.07) is 4.17. The van der Waals surface area contributed by atoms with Gasteiger partial charge in [-0.2, -0.15) is 0 Å². The average molecular weight is 204 g/mol. The third-order valence-corrected chi connectivity index (χ3v) is 2.46. The predicted octanol–water partition coefficient (Wildman–Crippen LogP) is 3.27. The minimum absolute atomic E-state index is 0.865. The molecule has 3 heteroatoms. The molecule has 1 aromatic carbocycles. The summed E-state index contributed by atoms with van der Waals surface area (Å²) in [5.74, 6) is 0.865. The second-order valence-electron chi connectivity index (χ2n) is 3.91. The normalized spacial score (nSPS) is 10.9. The van der Waals surface area contributed by atoms with Crippen molar-refractivity contribution in [1.82, 2.24) is 5.16 Å². The van der Waals surface area contributed by atoms with Crippen LogP contribution in [0.4, 0.5) is 5.82 Å². The fourth-order valence-corrected chi connectivity index (χ4v) is 1.81. The smallest absolute Gasteiger partial charge is 0.177 e. The highest BCUT2D eigenvalue weighted by Crippen LogP contribution is 2.27. The highest BCUT2D eigenvalue weighted by atomic mass is 16.5. The van der Waals surface area contributed by atoms with E-state index in [1.807, 2.05) is 6.07 Å². The lowest BCUT2D eigenvalue weighted by Crippen LogP contribution is -2.00. The van der Waals surface area contributed by atoms with E-state index in [0.29, 0.717) is 0 Å². The summed E-state index contributed by atoms with van der Waals surface area (Å²) >= 11 is 0. The van der Waals surface area contributed by atoms with E-state index in [1.54, 1.807) is 0 Å². The van der Waals surface area contributed by atoms with Crippen LogP contribution in [0.2, 0.25) is 0 Å². The summed E-state index contributed by atoms with van der Waals surface area (Å²) in [7, 11) is 0. The van der Waals surface area contributed by atoms with E-state index in [2.05, 4.69) is 37.3 Å². The zero-order valence-corrected chi connectivity index (χ0v) is 9.42. The van der Waals surface area contributed by atoms with Gasteiger partial charge in [-0.1, -0.05) is 18.1 Å². The molecular formula is C12H16N2O. The van der Waals surface area contributed by atoms with Crippen molar-refractivity contribution in [2.75, 3.05) is 11.9 Å². The SMILES string of the molecule is CCCNc1noc2cc(C)cc(C)c12. The second kappa shape index (κ2) is 3.93. The maximum absolute atomic E-state index is 5.30. The maximum Gasteiger partial charge on any atom is 0.177 e. The minimum Gasteiger partial charge on any atom is -0.367 e. The molecule has 0 radical (unpaired) electrons. The van der Waals surface area contributed by atoms with Crippen LogP contribution in [0.15, 0.2) is 16.7 Å². The summed E-state index contributed by atoms with van der Waals surface area (Å²) in [5.41, 5.74) is 3.29. The Morgan fingerprint density at radius 3 is 2.87 bits per heavy atom. The van der Waals surface area contributed by atoms with Crippen LogP contribution in [0.1, 0.15) is 24.5 Å². The van der Waals surface area contributed by atoms with Crippen molar-refractivity contribution in [2.45, 2.75) is 27.2 Å². The van der Waals surface area contributed by atoms with Crippen LogP contribution in [0, 0.1) is 13.8 Å². The molecule has 0 spiro atoms. The molecule has 1 aromatic heterocycles. The highest BCUT2D eigenvalue weighted by Gasteiger charge is 2.10. The molecule has 0 amide bonds. The lowest BCUT2D eigenvalue weighted by molar-refractivity contribution is 0.459. The minimum atomic E-state index is 0.865. The quantitative estimate of drug-likeness (QED) is 0.833. The molecule has 15 heavy (non-hydrogen) atoms. The van der Waals surface area contributed by atoms with Gasteiger partial charge in [0.05, 0.1) is 5.39 Å². The summed E-state index contributed by atoms with van der Waals surface area (Å²) in [6.07, 6.45) is 1.08. The van der Waals surface area contributed by atoms with Gasteiger partial charge in [-0.15, -0.1) is 0 Å². The van der Waals surface area contributed by atoms with Gasteiger partial charge in [0, 0.05) is 6.54 Å². The number of hydrogen-bond acceptors (Lipinski definition) is 3. The Balaban J connectivity index is 2.49. The van der Waals surface area contributed by atoms with Crippen LogP contribution in [0.25, 0.3) is 11.0 Å². The van der Waals surface area contributed by atoms with Gasteiger partial charge in [0.1, 0.15) is 0 Å². The zero-order valence-electron chi connectivity index (χ0n) is 9.42. The first kappa shape index (κ1) is 10.0. The molecule has 80 valence electrons. The van der Waals surface area contributed by atoms with Crippen molar-refractivity contribution in [3.63, 3.8) is 0 Å². The maximum atomic E-state index is 5.30. The first-order chi connectivity index (χ1) is 7.22. The Morgan fingerprint density at radius 2 is 2.13 bits per heavy atom. The van der Waals surface area contributed by atoms with E-state index < -0.39 is 0 Å². The first-order valence-corrected chi connectivity index (χ1v) is 5.33. The van der Waals surface area contributed by atoms with Gasteiger partial charge in [0.2, 0.25) is 0 Å². The van der Waals surface area contributed by atoms with E-state index in [1.165, 1.54) is 11.1 Å². The monoisotopic (exact) mass is 204 g/mol. The van der Waals surface area contributed by atoms with Crippen LogP contribution in [-0.4, -0.2) is 11.7 Å². The molecule has 0 bridgehead atoms. The largest absolute Gasteiger partial charge is 0.367 e.